The summed E-state index contributed by atoms with van der Waals surface area (Å²) in [5.41, 5.74) is 0. The second-order valence-electron chi connectivity index (χ2n) is 3.38. The lowest BCUT2D eigenvalue weighted by Crippen LogP contribution is -1.92. The molecular weight excluding hydrogens is 238 g/mol. The highest BCUT2D eigenvalue weighted by Crippen LogP contribution is 2.38. The van der Waals surface area contributed by atoms with Crippen molar-refractivity contribution in [3.8, 4) is 0 Å². The number of aromatic nitrogens is 1. The highest BCUT2D eigenvalue weighted by Gasteiger charge is 2.18. The Kier molecular flexibility index (Phi) is 3.71. The molecule has 1 aliphatic rings. The average molecular weight is 250 g/mol. The van der Waals surface area contributed by atoms with E-state index in [1.54, 1.807) is 0 Å². The Morgan fingerprint density at radius 3 is 2.79 bits per heavy atom. The van der Waals surface area contributed by atoms with Crippen molar-refractivity contribution in [2.24, 2.45) is 0 Å². The van der Waals surface area contributed by atoms with E-state index in [0.29, 0.717) is 10.4 Å². The fourth-order valence-corrected chi connectivity index (χ4v) is 4.41. The number of nitrogens with zero attached hydrogens (tertiary/aromatic N) is 1. The van der Waals surface area contributed by atoms with Gasteiger partial charge in [0.25, 0.3) is 0 Å². The second-order valence-corrected chi connectivity index (χ2v) is 6.37. The quantitative estimate of drug-likeness (QED) is 0.892. The molecule has 0 radical (unpaired) electrons. The van der Waals surface area contributed by atoms with Gasteiger partial charge >= 0.3 is 0 Å². The zero-order valence-electron chi connectivity index (χ0n) is 7.70. The fourth-order valence-electron chi connectivity index (χ4n) is 1.61. The van der Waals surface area contributed by atoms with Crippen LogP contribution in [-0.4, -0.2) is 15.3 Å². The fraction of sp³-hybridized carbons (Fsp3) is 0.667. The van der Waals surface area contributed by atoms with Gasteiger partial charge in [-0.05, 0) is 12.8 Å². The molecule has 5 heteroatoms. The van der Waals surface area contributed by atoms with Gasteiger partial charge in [-0.2, -0.15) is 0 Å². The molecule has 1 aromatic rings. The molecule has 0 spiro atoms. The third-order valence-electron chi connectivity index (χ3n) is 2.34. The third kappa shape index (κ3) is 2.42. The van der Waals surface area contributed by atoms with E-state index in [4.69, 9.17) is 16.7 Å². The molecule has 2 rings (SSSR count). The number of thioether (sulfide) groups is 1. The summed E-state index contributed by atoms with van der Waals surface area (Å²) in [5, 5.41) is 10.2. The largest absolute Gasteiger partial charge is 0.391 e. The maximum atomic E-state index is 8.97. The summed E-state index contributed by atoms with van der Waals surface area (Å²) in [7, 11) is 0. The van der Waals surface area contributed by atoms with Crippen LogP contribution in [0.5, 0.6) is 0 Å². The maximum Gasteiger partial charge on any atom is 0.152 e. The topological polar surface area (TPSA) is 33.1 Å². The van der Waals surface area contributed by atoms with Gasteiger partial charge in [0.15, 0.2) is 4.34 Å². The minimum atomic E-state index is 0.00171. The zero-order chi connectivity index (χ0) is 9.97. The summed E-state index contributed by atoms with van der Waals surface area (Å²) in [6.07, 6.45) is 5.25. The molecule has 2 nitrogen and oxygen atoms in total. The number of rotatable bonds is 3. The summed E-state index contributed by atoms with van der Waals surface area (Å²) >= 11 is 9.19. The molecule has 0 saturated heterocycles. The molecule has 0 bridgehead atoms. The number of aliphatic hydroxyl groups is 1. The Labute approximate surface area is 96.7 Å². The van der Waals surface area contributed by atoms with Crippen molar-refractivity contribution < 1.29 is 5.11 Å². The minimum absolute atomic E-state index is 0.00171. The van der Waals surface area contributed by atoms with Crippen molar-refractivity contribution in [3.05, 3.63) is 10.0 Å². The first-order valence-electron chi connectivity index (χ1n) is 4.72. The second kappa shape index (κ2) is 4.84. The predicted octanol–water partition coefficient (Wildman–Crippen LogP) is 3.32. The number of hydrogen-bond acceptors (Lipinski definition) is 4. The molecule has 1 aliphatic carbocycles. The van der Waals surface area contributed by atoms with Gasteiger partial charge in [0.1, 0.15) is 5.15 Å². The van der Waals surface area contributed by atoms with Crippen molar-refractivity contribution in [2.75, 3.05) is 0 Å². The van der Waals surface area contributed by atoms with Crippen LogP contribution in [0.3, 0.4) is 0 Å². The number of hydrogen-bond donors (Lipinski definition) is 1. The van der Waals surface area contributed by atoms with Crippen molar-refractivity contribution in [1.82, 2.24) is 4.98 Å². The lowest BCUT2D eigenvalue weighted by Gasteiger charge is -2.03. The van der Waals surface area contributed by atoms with Crippen LogP contribution in [0.1, 0.15) is 30.6 Å². The summed E-state index contributed by atoms with van der Waals surface area (Å²) in [4.78, 5) is 5.02. The van der Waals surface area contributed by atoms with Gasteiger partial charge in [0.2, 0.25) is 0 Å². The Bertz CT molecular complexity index is 310. The molecular formula is C9H12ClNOS2. The monoisotopic (exact) mass is 249 g/mol. The first kappa shape index (κ1) is 10.7. The number of halogens is 1. The van der Waals surface area contributed by atoms with E-state index in [1.165, 1.54) is 37.0 Å². The first-order valence-corrected chi connectivity index (χ1v) is 6.79. The number of aliphatic hydroxyl groups excluding tert-OH is 1. The Balaban J connectivity index is 2.01. The molecule has 1 aromatic heterocycles. The minimum Gasteiger partial charge on any atom is -0.391 e. The van der Waals surface area contributed by atoms with Crippen LogP contribution in [0.2, 0.25) is 5.15 Å². The molecule has 1 heterocycles. The predicted molar refractivity (Wildman–Crippen MR) is 61.2 cm³/mol. The standard InChI is InChI=1S/C9H12ClNOS2/c10-8-7(5-12)14-9(11-8)13-6-3-1-2-4-6/h6,12H,1-5H2. The highest BCUT2D eigenvalue weighted by molar-refractivity contribution is 8.01. The van der Waals surface area contributed by atoms with Gasteiger partial charge in [-0.25, -0.2) is 4.98 Å². The van der Waals surface area contributed by atoms with Gasteiger partial charge in [0.05, 0.1) is 11.5 Å². The Morgan fingerprint density at radius 2 is 2.21 bits per heavy atom. The van der Waals surface area contributed by atoms with E-state index in [-0.39, 0.29) is 6.61 Å². The van der Waals surface area contributed by atoms with Crippen molar-refractivity contribution >= 4 is 34.7 Å². The maximum absolute atomic E-state index is 8.97. The molecule has 0 aromatic carbocycles. The van der Waals surface area contributed by atoms with Crippen LogP contribution in [0.25, 0.3) is 0 Å². The SMILES string of the molecule is OCc1sc(SC2CCCC2)nc1Cl. The van der Waals surface area contributed by atoms with Crippen molar-refractivity contribution in [1.29, 1.82) is 0 Å². The van der Waals surface area contributed by atoms with Crippen molar-refractivity contribution in [3.63, 3.8) is 0 Å². The third-order valence-corrected chi connectivity index (χ3v) is 5.24. The molecule has 1 saturated carbocycles. The lowest BCUT2D eigenvalue weighted by molar-refractivity contribution is 0.285. The molecule has 14 heavy (non-hydrogen) atoms. The van der Waals surface area contributed by atoms with Gasteiger partial charge in [0, 0.05) is 5.25 Å². The zero-order valence-corrected chi connectivity index (χ0v) is 10.1. The van der Waals surface area contributed by atoms with Gasteiger partial charge < -0.3 is 5.11 Å². The van der Waals surface area contributed by atoms with Crippen molar-refractivity contribution in [2.45, 2.75) is 41.9 Å². The van der Waals surface area contributed by atoms with Crippen LogP contribution < -0.4 is 0 Å². The average Bonchev–Trinajstić information content (AvgIpc) is 2.76. The van der Waals surface area contributed by atoms with Gasteiger partial charge in [-0.3, -0.25) is 0 Å². The van der Waals surface area contributed by atoms with Gasteiger partial charge in [-0.1, -0.05) is 36.2 Å². The van der Waals surface area contributed by atoms with E-state index in [2.05, 4.69) is 4.98 Å². The summed E-state index contributed by atoms with van der Waals surface area (Å²) in [6.45, 7) is 0.00171. The molecule has 78 valence electrons. The molecule has 0 aliphatic heterocycles. The number of thiazole rings is 1. The van der Waals surface area contributed by atoms with E-state index in [9.17, 15) is 0 Å². The summed E-state index contributed by atoms with van der Waals surface area (Å²) in [6, 6.07) is 0. The van der Waals surface area contributed by atoms with Crippen LogP contribution in [0, 0.1) is 0 Å². The highest BCUT2D eigenvalue weighted by atomic mass is 35.5. The molecule has 1 fully saturated rings. The Morgan fingerprint density at radius 1 is 1.50 bits per heavy atom. The molecule has 1 N–H and O–H groups in total. The van der Waals surface area contributed by atoms with E-state index >= 15 is 0 Å². The molecule has 0 unspecified atom stereocenters. The van der Waals surface area contributed by atoms with E-state index < -0.39 is 0 Å². The van der Waals surface area contributed by atoms with E-state index in [0.717, 1.165) is 9.22 Å². The van der Waals surface area contributed by atoms with Crippen LogP contribution in [0.4, 0.5) is 0 Å². The van der Waals surface area contributed by atoms with Gasteiger partial charge in [-0.15, -0.1) is 11.3 Å². The van der Waals surface area contributed by atoms with Crippen LogP contribution >= 0.6 is 34.7 Å². The molecule has 0 atom stereocenters. The van der Waals surface area contributed by atoms with Crippen LogP contribution in [-0.2, 0) is 6.61 Å². The summed E-state index contributed by atoms with van der Waals surface area (Å²) in [5.74, 6) is 0. The normalized spacial score (nSPS) is 17.9. The van der Waals surface area contributed by atoms with Crippen LogP contribution in [0.15, 0.2) is 4.34 Å². The summed E-state index contributed by atoms with van der Waals surface area (Å²) < 4.78 is 1.01. The lowest BCUT2D eigenvalue weighted by atomic mass is 10.4. The van der Waals surface area contributed by atoms with E-state index in [1.807, 2.05) is 11.8 Å². The smallest absolute Gasteiger partial charge is 0.152 e. The first-order chi connectivity index (χ1) is 6.79. The molecule has 0 amide bonds. The Hall–Kier alpha value is 0.230.